The highest BCUT2D eigenvalue weighted by Crippen LogP contribution is 1.96. The molecule has 0 saturated carbocycles. The molecular formula is C9H12N2O2. The van der Waals surface area contributed by atoms with Gasteiger partial charge in [0.05, 0.1) is 24.3 Å². The maximum absolute atomic E-state index is 11.0. The summed E-state index contributed by atoms with van der Waals surface area (Å²) in [5.41, 5.74) is 0.778. The molecule has 0 saturated heterocycles. The third-order valence-corrected chi connectivity index (χ3v) is 1.27. The summed E-state index contributed by atoms with van der Waals surface area (Å²) in [5, 5.41) is 0. The standard InChI is InChI=1S/C9H12N2O2/c1-7(2)13-9(12)4-3-8-5-10-6-11-8/h3-7H,1-2H3,(H,10,11)/b4-3+. The molecule has 0 atom stereocenters. The lowest BCUT2D eigenvalue weighted by atomic mass is 10.4. The predicted octanol–water partition coefficient (Wildman–Crippen LogP) is 1.37. The third-order valence-electron chi connectivity index (χ3n) is 1.27. The topological polar surface area (TPSA) is 55.0 Å². The Morgan fingerprint density at radius 2 is 2.46 bits per heavy atom. The molecule has 70 valence electrons. The summed E-state index contributed by atoms with van der Waals surface area (Å²) in [6, 6.07) is 0. The number of nitrogens with one attached hydrogen (secondary N) is 1. The van der Waals surface area contributed by atoms with Crippen LogP contribution in [0, 0.1) is 0 Å². The fraction of sp³-hybridized carbons (Fsp3) is 0.333. The molecule has 13 heavy (non-hydrogen) atoms. The lowest BCUT2D eigenvalue weighted by molar-refractivity contribution is -0.141. The summed E-state index contributed by atoms with van der Waals surface area (Å²) >= 11 is 0. The Hall–Kier alpha value is -1.58. The van der Waals surface area contributed by atoms with E-state index in [-0.39, 0.29) is 12.1 Å². The third kappa shape index (κ3) is 3.55. The SMILES string of the molecule is CC(C)OC(=O)/C=C/c1cnc[nH]1. The number of nitrogens with zero attached hydrogens (tertiary/aromatic N) is 1. The van der Waals surface area contributed by atoms with Crippen molar-refractivity contribution >= 4 is 12.0 Å². The monoisotopic (exact) mass is 180 g/mol. The van der Waals surface area contributed by atoms with Crippen molar-refractivity contribution in [1.29, 1.82) is 0 Å². The molecule has 1 rings (SSSR count). The Morgan fingerprint density at radius 1 is 1.69 bits per heavy atom. The van der Waals surface area contributed by atoms with Crippen molar-refractivity contribution in [3.8, 4) is 0 Å². The van der Waals surface area contributed by atoms with Gasteiger partial charge in [-0.25, -0.2) is 9.78 Å². The van der Waals surface area contributed by atoms with Gasteiger partial charge in [0, 0.05) is 6.08 Å². The molecule has 0 radical (unpaired) electrons. The molecule has 0 aliphatic rings. The number of esters is 1. The number of carbonyl (C=O) groups excluding carboxylic acids is 1. The number of hydrogen-bond acceptors (Lipinski definition) is 3. The Morgan fingerprint density at radius 3 is 3.00 bits per heavy atom. The van der Waals surface area contributed by atoms with Crippen LogP contribution in [0.1, 0.15) is 19.5 Å². The molecule has 0 spiro atoms. The van der Waals surface area contributed by atoms with Gasteiger partial charge in [0.1, 0.15) is 0 Å². The van der Waals surface area contributed by atoms with Crippen LogP contribution in [-0.4, -0.2) is 22.0 Å². The van der Waals surface area contributed by atoms with Crippen LogP contribution in [0.3, 0.4) is 0 Å². The van der Waals surface area contributed by atoms with E-state index in [1.54, 1.807) is 18.6 Å². The summed E-state index contributed by atoms with van der Waals surface area (Å²) in [5.74, 6) is -0.343. The minimum absolute atomic E-state index is 0.0843. The van der Waals surface area contributed by atoms with Gasteiger partial charge in [-0.3, -0.25) is 0 Å². The van der Waals surface area contributed by atoms with E-state index in [0.29, 0.717) is 0 Å². The largest absolute Gasteiger partial charge is 0.460 e. The van der Waals surface area contributed by atoms with Crippen LogP contribution in [0.25, 0.3) is 6.08 Å². The molecule has 0 bridgehead atoms. The van der Waals surface area contributed by atoms with Crippen molar-refractivity contribution < 1.29 is 9.53 Å². The summed E-state index contributed by atoms with van der Waals surface area (Å²) in [7, 11) is 0. The number of hydrogen-bond donors (Lipinski definition) is 1. The number of aromatic nitrogens is 2. The van der Waals surface area contributed by atoms with E-state index in [1.807, 2.05) is 13.8 Å². The predicted molar refractivity (Wildman–Crippen MR) is 48.8 cm³/mol. The number of ether oxygens (including phenoxy) is 1. The lowest BCUT2D eigenvalue weighted by Gasteiger charge is -2.03. The van der Waals surface area contributed by atoms with Gasteiger partial charge < -0.3 is 9.72 Å². The minimum atomic E-state index is -0.343. The van der Waals surface area contributed by atoms with Crippen LogP contribution in [0.4, 0.5) is 0 Å². The van der Waals surface area contributed by atoms with E-state index in [4.69, 9.17) is 4.74 Å². The number of H-pyrrole nitrogens is 1. The number of aromatic amines is 1. The molecule has 4 heteroatoms. The first-order chi connectivity index (χ1) is 6.18. The molecule has 0 aromatic carbocycles. The average Bonchev–Trinajstić information content (AvgIpc) is 2.51. The summed E-state index contributed by atoms with van der Waals surface area (Å²) in [6.45, 7) is 3.61. The van der Waals surface area contributed by atoms with Crippen molar-refractivity contribution in [3.63, 3.8) is 0 Å². The highest BCUT2D eigenvalue weighted by atomic mass is 16.5. The van der Waals surface area contributed by atoms with Crippen LogP contribution in [-0.2, 0) is 9.53 Å². The zero-order valence-electron chi connectivity index (χ0n) is 7.65. The molecule has 0 fully saturated rings. The molecule has 1 aromatic rings. The van der Waals surface area contributed by atoms with Crippen LogP contribution in [0.5, 0.6) is 0 Å². The first kappa shape index (κ1) is 9.51. The van der Waals surface area contributed by atoms with E-state index in [2.05, 4.69) is 9.97 Å². The maximum Gasteiger partial charge on any atom is 0.331 e. The molecule has 1 N–H and O–H groups in total. The average molecular weight is 180 g/mol. The molecule has 0 unspecified atom stereocenters. The van der Waals surface area contributed by atoms with Gasteiger partial charge in [0.2, 0.25) is 0 Å². The second-order valence-corrected chi connectivity index (χ2v) is 2.83. The van der Waals surface area contributed by atoms with E-state index in [0.717, 1.165) is 5.69 Å². The zero-order valence-corrected chi connectivity index (χ0v) is 7.65. The molecule has 0 amide bonds. The van der Waals surface area contributed by atoms with Crippen LogP contribution in [0.15, 0.2) is 18.6 Å². The van der Waals surface area contributed by atoms with Crippen molar-refractivity contribution in [2.75, 3.05) is 0 Å². The maximum atomic E-state index is 11.0. The van der Waals surface area contributed by atoms with Gasteiger partial charge in [-0.2, -0.15) is 0 Å². The normalized spacial score (nSPS) is 11.0. The highest BCUT2D eigenvalue weighted by molar-refractivity contribution is 5.86. The first-order valence-electron chi connectivity index (χ1n) is 4.05. The number of imidazole rings is 1. The van der Waals surface area contributed by atoms with Gasteiger partial charge in [-0.15, -0.1) is 0 Å². The van der Waals surface area contributed by atoms with Crippen LogP contribution in [0.2, 0.25) is 0 Å². The van der Waals surface area contributed by atoms with Gasteiger partial charge in [0.25, 0.3) is 0 Å². The number of rotatable bonds is 3. The summed E-state index contributed by atoms with van der Waals surface area (Å²) < 4.78 is 4.89. The molecule has 0 aliphatic heterocycles. The van der Waals surface area contributed by atoms with Crippen LogP contribution >= 0.6 is 0 Å². The minimum Gasteiger partial charge on any atom is -0.460 e. The fourth-order valence-corrected chi connectivity index (χ4v) is 0.787. The van der Waals surface area contributed by atoms with Crippen molar-refractivity contribution in [3.05, 3.63) is 24.3 Å². The van der Waals surface area contributed by atoms with Crippen molar-refractivity contribution in [1.82, 2.24) is 9.97 Å². The van der Waals surface area contributed by atoms with Gasteiger partial charge >= 0.3 is 5.97 Å². The molecule has 1 heterocycles. The summed E-state index contributed by atoms with van der Waals surface area (Å²) in [4.78, 5) is 17.6. The smallest absolute Gasteiger partial charge is 0.331 e. The van der Waals surface area contributed by atoms with Crippen molar-refractivity contribution in [2.24, 2.45) is 0 Å². The molecule has 0 aliphatic carbocycles. The zero-order chi connectivity index (χ0) is 9.68. The van der Waals surface area contributed by atoms with Gasteiger partial charge in [0.15, 0.2) is 0 Å². The Bertz CT molecular complexity index is 289. The first-order valence-corrected chi connectivity index (χ1v) is 4.05. The van der Waals surface area contributed by atoms with Gasteiger partial charge in [-0.1, -0.05) is 0 Å². The van der Waals surface area contributed by atoms with E-state index >= 15 is 0 Å². The van der Waals surface area contributed by atoms with E-state index < -0.39 is 0 Å². The van der Waals surface area contributed by atoms with Gasteiger partial charge in [-0.05, 0) is 19.9 Å². The summed E-state index contributed by atoms with van der Waals surface area (Å²) in [6.07, 6.45) is 6.08. The molecular weight excluding hydrogens is 168 g/mol. The quantitative estimate of drug-likeness (QED) is 0.564. The number of carbonyl (C=O) groups is 1. The van der Waals surface area contributed by atoms with E-state index in [1.165, 1.54) is 6.08 Å². The highest BCUT2D eigenvalue weighted by Gasteiger charge is 1.99. The van der Waals surface area contributed by atoms with E-state index in [9.17, 15) is 4.79 Å². The Kier molecular flexibility index (Phi) is 3.25. The molecule has 1 aromatic heterocycles. The van der Waals surface area contributed by atoms with Crippen LogP contribution < -0.4 is 0 Å². The molecule has 4 nitrogen and oxygen atoms in total. The second-order valence-electron chi connectivity index (χ2n) is 2.83. The fourth-order valence-electron chi connectivity index (χ4n) is 0.787. The van der Waals surface area contributed by atoms with Crippen molar-refractivity contribution in [2.45, 2.75) is 20.0 Å². The Balaban J connectivity index is 2.44. The second kappa shape index (κ2) is 4.45. The Labute approximate surface area is 76.6 Å². The lowest BCUT2D eigenvalue weighted by Crippen LogP contribution is -2.08.